The summed E-state index contributed by atoms with van der Waals surface area (Å²) in [5, 5.41) is 19.2. The molecule has 1 heterocycles. The summed E-state index contributed by atoms with van der Waals surface area (Å²) < 4.78 is 1.07. The van der Waals surface area contributed by atoms with Gasteiger partial charge < -0.3 is 15.2 Å². The van der Waals surface area contributed by atoms with Crippen molar-refractivity contribution in [2.75, 3.05) is 0 Å². The molecule has 6 heteroatoms. The fraction of sp³-hybridized carbons (Fsp3) is 0.400. The molecule has 0 bridgehead atoms. The van der Waals surface area contributed by atoms with Gasteiger partial charge in [-0.15, -0.1) is 0 Å². The molecule has 0 amide bonds. The maximum absolute atomic E-state index is 10.2. The Morgan fingerprint density at radius 2 is 2.55 bits per heavy atom. The van der Waals surface area contributed by atoms with Crippen molar-refractivity contribution in [1.29, 1.82) is 0 Å². The molecule has 0 fully saturated rings. The third-order valence-corrected chi connectivity index (χ3v) is 1.24. The average molecular weight is 157 g/mol. The lowest BCUT2D eigenvalue weighted by Crippen LogP contribution is -2.05. The van der Waals surface area contributed by atoms with Crippen molar-refractivity contribution < 1.29 is 10.0 Å². The average Bonchev–Trinajstić information content (AvgIpc) is 2.32. The Morgan fingerprint density at radius 1 is 1.91 bits per heavy atom. The molecular weight excluding hydrogens is 150 g/mol. The summed E-state index contributed by atoms with van der Waals surface area (Å²) in [6.45, 7) is 1.43. The number of aliphatic hydroxyl groups is 1. The normalized spacial score (nSPS) is 12.9. The molecule has 60 valence electrons. The first-order chi connectivity index (χ1) is 5.13. The standard InChI is InChI=1S/C5H7N3O3/c1-4(9)7-3-6-2-5(7)8(10)11/h2-4,9H,1H3/t4-/m0/s1. The number of nitrogens with zero attached hydrogens (tertiary/aromatic N) is 3. The van der Waals surface area contributed by atoms with Crippen LogP contribution in [0.1, 0.15) is 13.2 Å². The summed E-state index contributed by atoms with van der Waals surface area (Å²) in [7, 11) is 0. The highest BCUT2D eigenvalue weighted by Crippen LogP contribution is 2.13. The molecule has 1 N–H and O–H groups in total. The third-order valence-electron chi connectivity index (χ3n) is 1.24. The topological polar surface area (TPSA) is 81.2 Å². The van der Waals surface area contributed by atoms with Crippen LogP contribution < -0.4 is 0 Å². The van der Waals surface area contributed by atoms with E-state index in [1.54, 1.807) is 0 Å². The van der Waals surface area contributed by atoms with Crippen molar-refractivity contribution in [2.24, 2.45) is 0 Å². The summed E-state index contributed by atoms with van der Waals surface area (Å²) >= 11 is 0. The molecule has 0 saturated carbocycles. The van der Waals surface area contributed by atoms with Gasteiger partial charge in [-0.3, -0.25) is 0 Å². The number of aliphatic hydroxyl groups excluding tert-OH is 1. The molecule has 0 spiro atoms. The van der Waals surface area contributed by atoms with E-state index in [-0.39, 0.29) is 5.82 Å². The van der Waals surface area contributed by atoms with E-state index in [1.165, 1.54) is 13.3 Å². The van der Waals surface area contributed by atoms with Crippen molar-refractivity contribution in [2.45, 2.75) is 13.2 Å². The maximum Gasteiger partial charge on any atom is 0.344 e. The largest absolute Gasteiger partial charge is 0.358 e. The minimum absolute atomic E-state index is 0.208. The Balaban J connectivity index is 3.06. The van der Waals surface area contributed by atoms with Crippen LogP contribution in [0.15, 0.2) is 12.5 Å². The number of hydrogen-bond acceptors (Lipinski definition) is 4. The molecule has 0 saturated heterocycles. The molecule has 0 radical (unpaired) electrons. The van der Waals surface area contributed by atoms with Gasteiger partial charge in [-0.1, -0.05) is 0 Å². The van der Waals surface area contributed by atoms with Gasteiger partial charge in [0.05, 0.1) is 0 Å². The van der Waals surface area contributed by atoms with Gasteiger partial charge in [0.25, 0.3) is 0 Å². The van der Waals surface area contributed by atoms with Crippen LogP contribution in [0.4, 0.5) is 5.82 Å². The molecule has 11 heavy (non-hydrogen) atoms. The minimum atomic E-state index is -0.919. The Labute approximate surface area is 62.2 Å². The summed E-state index contributed by atoms with van der Waals surface area (Å²) in [4.78, 5) is 13.1. The SMILES string of the molecule is C[C@H](O)n1cncc1[N+](=O)[O-]. The molecule has 6 nitrogen and oxygen atoms in total. The van der Waals surface area contributed by atoms with Crippen molar-refractivity contribution >= 4 is 5.82 Å². The molecule has 1 aromatic heterocycles. The van der Waals surface area contributed by atoms with Gasteiger partial charge in [-0.2, -0.15) is 4.57 Å². The lowest BCUT2D eigenvalue weighted by molar-refractivity contribution is -0.393. The van der Waals surface area contributed by atoms with Crippen LogP contribution in [0, 0.1) is 10.1 Å². The van der Waals surface area contributed by atoms with Crippen LogP contribution in [0.3, 0.4) is 0 Å². The number of hydrogen-bond donors (Lipinski definition) is 1. The first kappa shape index (κ1) is 7.67. The highest BCUT2D eigenvalue weighted by atomic mass is 16.6. The fourth-order valence-electron chi connectivity index (χ4n) is 0.727. The van der Waals surface area contributed by atoms with Gasteiger partial charge in [0.1, 0.15) is 6.20 Å². The Bertz CT molecular complexity index is 268. The smallest absolute Gasteiger partial charge is 0.344 e. The zero-order valence-electron chi connectivity index (χ0n) is 5.84. The minimum Gasteiger partial charge on any atom is -0.358 e. The van der Waals surface area contributed by atoms with Crippen LogP contribution >= 0.6 is 0 Å². The Kier molecular flexibility index (Phi) is 1.86. The zero-order chi connectivity index (χ0) is 8.43. The molecule has 0 aliphatic heterocycles. The molecule has 1 rings (SSSR count). The summed E-state index contributed by atoms with van der Waals surface area (Å²) in [5.41, 5.74) is 0. The lowest BCUT2D eigenvalue weighted by atomic mass is 10.6. The van der Waals surface area contributed by atoms with Crippen LogP contribution in [-0.4, -0.2) is 19.6 Å². The van der Waals surface area contributed by atoms with Crippen LogP contribution in [0.25, 0.3) is 0 Å². The maximum atomic E-state index is 10.2. The second-order valence-corrected chi connectivity index (χ2v) is 2.05. The van der Waals surface area contributed by atoms with Crippen molar-refractivity contribution in [3.63, 3.8) is 0 Å². The van der Waals surface area contributed by atoms with Crippen molar-refractivity contribution in [3.05, 3.63) is 22.6 Å². The van der Waals surface area contributed by atoms with E-state index >= 15 is 0 Å². The van der Waals surface area contributed by atoms with Crippen molar-refractivity contribution in [1.82, 2.24) is 9.55 Å². The van der Waals surface area contributed by atoms with Crippen molar-refractivity contribution in [3.8, 4) is 0 Å². The number of nitro groups is 1. The molecule has 0 aromatic carbocycles. The zero-order valence-corrected chi connectivity index (χ0v) is 5.84. The highest BCUT2D eigenvalue weighted by Gasteiger charge is 2.15. The summed E-state index contributed by atoms with van der Waals surface area (Å²) in [5.74, 6) is -0.208. The molecule has 1 aromatic rings. The molecule has 0 aliphatic carbocycles. The predicted molar refractivity (Wildman–Crippen MR) is 35.8 cm³/mol. The fourth-order valence-corrected chi connectivity index (χ4v) is 0.727. The van der Waals surface area contributed by atoms with Gasteiger partial charge in [0.15, 0.2) is 12.6 Å². The number of aromatic nitrogens is 2. The van der Waals surface area contributed by atoms with Gasteiger partial charge in [-0.05, 0) is 4.92 Å². The van der Waals surface area contributed by atoms with Gasteiger partial charge in [0.2, 0.25) is 0 Å². The molecule has 0 aliphatic rings. The first-order valence-corrected chi connectivity index (χ1v) is 2.97. The number of rotatable bonds is 2. The molecule has 1 atom stereocenters. The number of imidazole rings is 1. The molecule has 0 unspecified atom stereocenters. The van der Waals surface area contributed by atoms with Crippen LogP contribution in [0.2, 0.25) is 0 Å². The summed E-state index contributed by atoms with van der Waals surface area (Å²) in [6.07, 6.45) is 1.38. The summed E-state index contributed by atoms with van der Waals surface area (Å²) in [6, 6.07) is 0. The van der Waals surface area contributed by atoms with E-state index in [0.29, 0.717) is 0 Å². The third kappa shape index (κ3) is 1.35. The van der Waals surface area contributed by atoms with E-state index < -0.39 is 11.2 Å². The second kappa shape index (κ2) is 2.67. The Hall–Kier alpha value is -1.43. The quantitative estimate of drug-likeness (QED) is 0.494. The van der Waals surface area contributed by atoms with E-state index in [2.05, 4.69) is 4.98 Å². The predicted octanol–water partition coefficient (Wildman–Crippen LogP) is 0.302. The Morgan fingerprint density at radius 3 is 2.91 bits per heavy atom. The molecular formula is C5H7N3O3. The van der Waals surface area contributed by atoms with E-state index in [4.69, 9.17) is 5.11 Å². The lowest BCUT2D eigenvalue weighted by Gasteiger charge is -2.01. The van der Waals surface area contributed by atoms with E-state index in [0.717, 1.165) is 10.8 Å². The van der Waals surface area contributed by atoms with E-state index in [1.807, 2.05) is 0 Å². The highest BCUT2D eigenvalue weighted by molar-refractivity contribution is 5.14. The van der Waals surface area contributed by atoms with E-state index in [9.17, 15) is 10.1 Å². The first-order valence-electron chi connectivity index (χ1n) is 2.97. The monoisotopic (exact) mass is 157 g/mol. The van der Waals surface area contributed by atoms with Crippen LogP contribution in [0.5, 0.6) is 0 Å². The van der Waals surface area contributed by atoms with Crippen LogP contribution in [-0.2, 0) is 0 Å². The van der Waals surface area contributed by atoms with Gasteiger partial charge >= 0.3 is 5.82 Å². The second-order valence-electron chi connectivity index (χ2n) is 2.05. The van der Waals surface area contributed by atoms with Gasteiger partial charge in [-0.25, -0.2) is 4.98 Å². The van der Waals surface area contributed by atoms with Gasteiger partial charge in [0, 0.05) is 6.92 Å².